The highest BCUT2D eigenvalue weighted by Crippen LogP contribution is 2.29. The topological polar surface area (TPSA) is 60.5 Å². The predicted molar refractivity (Wildman–Crippen MR) is 76.8 cm³/mol. The molecule has 0 bridgehead atoms. The lowest BCUT2D eigenvalue weighted by Crippen LogP contribution is -2.13. The van der Waals surface area contributed by atoms with Gasteiger partial charge in [0, 0.05) is 11.9 Å². The molecule has 0 saturated heterocycles. The van der Waals surface area contributed by atoms with Gasteiger partial charge in [0.2, 0.25) is 5.88 Å². The maximum absolute atomic E-state index is 12.1. The first kappa shape index (κ1) is 16.0. The number of methoxy groups -OCH3 is 1. The number of alkyl halides is 2. The number of nitrogens with zero attached hydrogens (tertiary/aromatic N) is 1. The molecule has 0 aliphatic heterocycles. The van der Waals surface area contributed by atoms with Gasteiger partial charge in [-0.15, -0.1) is 0 Å². The summed E-state index contributed by atoms with van der Waals surface area (Å²) in [4.78, 5) is 16.1. The van der Waals surface area contributed by atoms with Crippen LogP contribution in [0.2, 0.25) is 5.02 Å². The Balaban J connectivity index is 2.17. The van der Waals surface area contributed by atoms with Crippen molar-refractivity contribution >= 4 is 23.2 Å². The van der Waals surface area contributed by atoms with E-state index in [0.717, 1.165) is 0 Å². The van der Waals surface area contributed by atoms with Crippen molar-refractivity contribution < 1.29 is 23.0 Å². The summed E-state index contributed by atoms with van der Waals surface area (Å²) in [7, 11) is 1.40. The fourth-order valence-corrected chi connectivity index (χ4v) is 1.92. The van der Waals surface area contributed by atoms with Crippen molar-refractivity contribution in [3.8, 4) is 11.6 Å². The summed E-state index contributed by atoms with van der Waals surface area (Å²) in [5.74, 6) is -0.471. The standard InChI is InChI=1S/C14H11ClF2N2O3/c1-21-13-9(3-2-6-18-13)12(20)19-8-4-5-11(10(15)7-8)22-14(16)17/h2-7,14H,1H3,(H,19,20). The fraction of sp³-hybridized carbons (Fsp3) is 0.143. The van der Waals surface area contributed by atoms with E-state index >= 15 is 0 Å². The number of rotatable bonds is 5. The maximum Gasteiger partial charge on any atom is 0.387 e. The zero-order chi connectivity index (χ0) is 16.1. The number of ether oxygens (including phenoxy) is 2. The van der Waals surface area contributed by atoms with E-state index in [1.165, 1.54) is 37.6 Å². The predicted octanol–water partition coefficient (Wildman–Crippen LogP) is 3.60. The van der Waals surface area contributed by atoms with Gasteiger partial charge in [0.1, 0.15) is 11.3 Å². The normalized spacial score (nSPS) is 10.4. The summed E-state index contributed by atoms with van der Waals surface area (Å²) in [6.45, 7) is -2.97. The Morgan fingerprint density at radius 1 is 1.36 bits per heavy atom. The Hall–Kier alpha value is -2.41. The molecular weight excluding hydrogens is 318 g/mol. The molecule has 2 aromatic rings. The summed E-state index contributed by atoms with van der Waals surface area (Å²) in [5.41, 5.74) is 0.552. The van der Waals surface area contributed by atoms with Crippen LogP contribution in [-0.4, -0.2) is 24.6 Å². The first-order valence-electron chi connectivity index (χ1n) is 6.06. The minimum Gasteiger partial charge on any atom is -0.480 e. The number of carbonyl (C=O) groups excluding carboxylic acids is 1. The molecule has 22 heavy (non-hydrogen) atoms. The average molecular weight is 329 g/mol. The Morgan fingerprint density at radius 3 is 2.77 bits per heavy atom. The molecule has 0 radical (unpaired) electrons. The monoisotopic (exact) mass is 328 g/mol. The number of hydrogen-bond acceptors (Lipinski definition) is 4. The summed E-state index contributed by atoms with van der Waals surface area (Å²) in [6, 6.07) is 7.07. The van der Waals surface area contributed by atoms with E-state index in [4.69, 9.17) is 16.3 Å². The van der Waals surface area contributed by atoms with Crippen LogP contribution < -0.4 is 14.8 Å². The van der Waals surface area contributed by atoms with Gasteiger partial charge in [-0.25, -0.2) is 4.98 Å². The largest absolute Gasteiger partial charge is 0.480 e. The van der Waals surface area contributed by atoms with E-state index in [1.54, 1.807) is 6.07 Å². The summed E-state index contributed by atoms with van der Waals surface area (Å²) in [6.07, 6.45) is 1.49. The third kappa shape index (κ3) is 3.82. The van der Waals surface area contributed by atoms with Crippen LogP contribution in [0.4, 0.5) is 14.5 Å². The van der Waals surface area contributed by atoms with E-state index in [2.05, 4.69) is 15.0 Å². The van der Waals surface area contributed by atoms with E-state index in [9.17, 15) is 13.6 Å². The van der Waals surface area contributed by atoms with Gasteiger partial charge in [-0.3, -0.25) is 4.79 Å². The number of halogens is 3. The highest BCUT2D eigenvalue weighted by molar-refractivity contribution is 6.32. The van der Waals surface area contributed by atoms with Crippen molar-refractivity contribution in [2.45, 2.75) is 6.61 Å². The maximum atomic E-state index is 12.1. The number of nitrogens with one attached hydrogen (secondary N) is 1. The van der Waals surface area contributed by atoms with Crippen LogP contribution in [-0.2, 0) is 0 Å². The van der Waals surface area contributed by atoms with Crippen molar-refractivity contribution in [2.75, 3.05) is 12.4 Å². The van der Waals surface area contributed by atoms with Crippen molar-refractivity contribution in [2.24, 2.45) is 0 Å². The Morgan fingerprint density at radius 2 is 2.14 bits per heavy atom. The van der Waals surface area contributed by atoms with Crippen LogP contribution in [0.3, 0.4) is 0 Å². The van der Waals surface area contributed by atoms with E-state index < -0.39 is 12.5 Å². The SMILES string of the molecule is COc1ncccc1C(=O)Nc1ccc(OC(F)F)c(Cl)c1. The number of aromatic nitrogens is 1. The molecule has 1 amide bonds. The van der Waals surface area contributed by atoms with Crippen LogP contribution >= 0.6 is 11.6 Å². The molecule has 1 aromatic heterocycles. The number of pyridine rings is 1. The molecule has 0 saturated carbocycles. The average Bonchev–Trinajstić information content (AvgIpc) is 2.49. The first-order valence-corrected chi connectivity index (χ1v) is 6.43. The van der Waals surface area contributed by atoms with Crippen molar-refractivity contribution in [1.29, 1.82) is 0 Å². The Kier molecular flexibility index (Phi) is 5.11. The Labute approximate surface area is 129 Å². The number of amides is 1. The molecule has 0 fully saturated rings. The molecule has 0 aliphatic rings. The van der Waals surface area contributed by atoms with E-state index in [-0.39, 0.29) is 22.2 Å². The van der Waals surface area contributed by atoms with Gasteiger partial charge < -0.3 is 14.8 Å². The number of anilines is 1. The smallest absolute Gasteiger partial charge is 0.387 e. The second kappa shape index (κ2) is 7.04. The summed E-state index contributed by atoms with van der Waals surface area (Å²) >= 11 is 5.81. The van der Waals surface area contributed by atoms with Crippen molar-refractivity contribution in [3.05, 3.63) is 47.1 Å². The molecule has 1 heterocycles. The second-order valence-corrected chi connectivity index (χ2v) is 4.45. The molecule has 0 unspecified atom stereocenters. The second-order valence-electron chi connectivity index (χ2n) is 4.04. The van der Waals surface area contributed by atoms with Crippen LogP contribution in [0.15, 0.2) is 36.5 Å². The fourth-order valence-electron chi connectivity index (χ4n) is 1.69. The quantitative estimate of drug-likeness (QED) is 0.911. The molecule has 1 aromatic carbocycles. The summed E-state index contributed by atoms with van der Waals surface area (Å²) < 4.78 is 33.5. The van der Waals surface area contributed by atoms with Gasteiger partial charge in [0.05, 0.1) is 12.1 Å². The van der Waals surface area contributed by atoms with Crippen LogP contribution in [0.25, 0.3) is 0 Å². The van der Waals surface area contributed by atoms with E-state index in [1.807, 2.05) is 0 Å². The number of carbonyl (C=O) groups is 1. The van der Waals surface area contributed by atoms with Gasteiger partial charge in [-0.1, -0.05) is 11.6 Å². The van der Waals surface area contributed by atoms with Gasteiger partial charge in [-0.05, 0) is 30.3 Å². The molecule has 0 spiro atoms. The van der Waals surface area contributed by atoms with Gasteiger partial charge in [0.25, 0.3) is 5.91 Å². The molecular formula is C14H11ClF2N2O3. The minimum absolute atomic E-state index is 0.0451. The Bertz CT molecular complexity index is 683. The number of hydrogen-bond donors (Lipinski definition) is 1. The number of benzene rings is 1. The third-order valence-electron chi connectivity index (χ3n) is 2.61. The van der Waals surface area contributed by atoms with Gasteiger partial charge in [-0.2, -0.15) is 8.78 Å². The van der Waals surface area contributed by atoms with Gasteiger partial charge in [0.15, 0.2) is 0 Å². The lowest BCUT2D eigenvalue weighted by Gasteiger charge is -2.10. The zero-order valence-electron chi connectivity index (χ0n) is 11.3. The summed E-state index contributed by atoms with van der Waals surface area (Å²) in [5, 5.41) is 2.52. The molecule has 0 atom stereocenters. The highest BCUT2D eigenvalue weighted by atomic mass is 35.5. The van der Waals surface area contributed by atoms with Crippen LogP contribution in [0.5, 0.6) is 11.6 Å². The molecule has 116 valence electrons. The zero-order valence-corrected chi connectivity index (χ0v) is 12.1. The van der Waals surface area contributed by atoms with Crippen LogP contribution in [0, 0.1) is 0 Å². The van der Waals surface area contributed by atoms with Gasteiger partial charge >= 0.3 is 6.61 Å². The molecule has 5 nitrogen and oxygen atoms in total. The lowest BCUT2D eigenvalue weighted by atomic mass is 10.2. The highest BCUT2D eigenvalue weighted by Gasteiger charge is 2.14. The molecule has 2 rings (SSSR count). The first-order chi connectivity index (χ1) is 10.5. The van der Waals surface area contributed by atoms with Crippen molar-refractivity contribution in [3.63, 3.8) is 0 Å². The molecule has 1 N–H and O–H groups in total. The lowest BCUT2D eigenvalue weighted by molar-refractivity contribution is -0.0497. The molecule has 8 heteroatoms. The third-order valence-corrected chi connectivity index (χ3v) is 2.91. The van der Waals surface area contributed by atoms with Crippen molar-refractivity contribution in [1.82, 2.24) is 4.98 Å². The molecule has 0 aliphatic carbocycles. The van der Waals surface area contributed by atoms with E-state index in [0.29, 0.717) is 5.69 Å². The van der Waals surface area contributed by atoms with Crippen LogP contribution in [0.1, 0.15) is 10.4 Å². The minimum atomic E-state index is -2.97.